The molecule has 0 atom stereocenters. The van der Waals surface area contributed by atoms with Crippen molar-refractivity contribution in [2.75, 3.05) is 4.90 Å². The average Bonchev–Trinajstić information content (AvgIpc) is 3.03. The highest BCUT2D eigenvalue weighted by molar-refractivity contribution is 5.38. The van der Waals surface area contributed by atoms with E-state index < -0.39 is 0 Å². The molecule has 6 heteroatoms. The fraction of sp³-hybridized carbons (Fsp3) is 0.571. The second-order valence-corrected chi connectivity index (χ2v) is 5.55. The Morgan fingerprint density at radius 1 is 1.30 bits per heavy atom. The standard InChI is InChI=1S/C14H19N5O/c1-4-13-17-14(18-20-13)19-7-10-6-15-12(5-9(2)3)16-11(10)8-19/h6,9H,4-5,7-8H2,1-3H3. The van der Waals surface area contributed by atoms with Gasteiger partial charge >= 0.3 is 0 Å². The summed E-state index contributed by atoms with van der Waals surface area (Å²) in [6.45, 7) is 7.83. The number of anilines is 1. The smallest absolute Gasteiger partial charge is 0.266 e. The van der Waals surface area contributed by atoms with Crippen LogP contribution in [0.2, 0.25) is 0 Å². The Kier molecular flexibility index (Phi) is 3.38. The van der Waals surface area contributed by atoms with Gasteiger partial charge in [-0.25, -0.2) is 9.97 Å². The summed E-state index contributed by atoms with van der Waals surface area (Å²) in [5.41, 5.74) is 2.24. The summed E-state index contributed by atoms with van der Waals surface area (Å²) in [6.07, 6.45) is 3.60. The molecule has 0 spiro atoms. The third-order valence-electron chi connectivity index (χ3n) is 3.34. The number of hydrogen-bond acceptors (Lipinski definition) is 6. The van der Waals surface area contributed by atoms with Crippen LogP contribution >= 0.6 is 0 Å². The summed E-state index contributed by atoms with van der Waals surface area (Å²) in [5, 5.41) is 4.01. The normalized spacial score (nSPS) is 14.1. The molecule has 0 saturated carbocycles. The highest BCUT2D eigenvalue weighted by Gasteiger charge is 2.24. The molecule has 2 aromatic rings. The first-order valence-corrected chi connectivity index (χ1v) is 7.07. The predicted molar refractivity (Wildman–Crippen MR) is 74.1 cm³/mol. The molecule has 3 rings (SSSR count). The molecule has 20 heavy (non-hydrogen) atoms. The van der Waals surface area contributed by atoms with Gasteiger partial charge in [-0.15, -0.1) is 0 Å². The molecule has 0 unspecified atom stereocenters. The number of aromatic nitrogens is 4. The monoisotopic (exact) mass is 273 g/mol. The van der Waals surface area contributed by atoms with E-state index in [0.29, 0.717) is 17.8 Å². The van der Waals surface area contributed by atoms with E-state index in [1.165, 1.54) is 0 Å². The number of rotatable bonds is 4. The summed E-state index contributed by atoms with van der Waals surface area (Å²) in [5.74, 6) is 2.80. The molecule has 3 heterocycles. The van der Waals surface area contributed by atoms with E-state index in [2.05, 4.69) is 38.9 Å². The van der Waals surface area contributed by atoms with Gasteiger partial charge in [0.15, 0.2) is 0 Å². The Balaban J connectivity index is 1.77. The first kappa shape index (κ1) is 13.0. The molecule has 1 aliphatic rings. The van der Waals surface area contributed by atoms with E-state index >= 15 is 0 Å². The molecular formula is C14H19N5O. The molecule has 0 amide bonds. The summed E-state index contributed by atoms with van der Waals surface area (Å²) in [6, 6.07) is 0. The molecule has 0 aromatic carbocycles. The molecule has 0 fully saturated rings. The maximum absolute atomic E-state index is 5.16. The number of fused-ring (bicyclic) bond motifs is 1. The molecule has 0 saturated heterocycles. The van der Waals surface area contributed by atoms with Crippen LogP contribution in [-0.2, 0) is 25.9 Å². The second kappa shape index (κ2) is 5.19. The van der Waals surface area contributed by atoms with Crippen LogP contribution < -0.4 is 4.90 Å². The van der Waals surface area contributed by atoms with E-state index in [1.54, 1.807) is 0 Å². The minimum absolute atomic E-state index is 0.565. The zero-order chi connectivity index (χ0) is 14.1. The highest BCUT2D eigenvalue weighted by Crippen LogP contribution is 2.24. The molecule has 6 nitrogen and oxygen atoms in total. The van der Waals surface area contributed by atoms with E-state index in [9.17, 15) is 0 Å². The van der Waals surface area contributed by atoms with Gasteiger partial charge in [0.1, 0.15) is 5.82 Å². The van der Waals surface area contributed by atoms with Crippen LogP contribution in [0.3, 0.4) is 0 Å². The van der Waals surface area contributed by atoms with Gasteiger partial charge in [0.2, 0.25) is 5.89 Å². The molecule has 0 radical (unpaired) electrons. The molecule has 0 aliphatic carbocycles. The summed E-state index contributed by atoms with van der Waals surface area (Å²) in [7, 11) is 0. The molecule has 0 N–H and O–H groups in total. The average molecular weight is 273 g/mol. The lowest BCUT2D eigenvalue weighted by molar-refractivity contribution is 0.381. The van der Waals surface area contributed by atoms with Crippen LogP contribution in [-0.4, -0.2) is 20.1 Å². The van der Waals surface area contributed by atoms with Gasteiger partial charge in [-0.05, 0) is 11.1 Å². The molecule has 106 valence electrons. The van der Waals surface area contributed by atoms with Crippen LogP contribution in [0.15, 0.2) is 10.7 Å². The molecule has 2 aromatic heterocycles. The minimum atomic E-state index is 0.565. The zero-order valence-electron chi connectivity index (χ0n) is 12.1. The minimum Gasteiger partial charge on any atom is -0.337 e. The van der Waals surface area contributed by atoms with Crippen molar-refractivity contribution in [2.45, 2.75) is 46.7 Å². The van der Waals surface area contributed by atoms with E-state index in [1.807, 2.05) is 13.1 Å². The lowest BCUT2D eigenvalue weighted by atomic mass is 10.1. The van der Waals surface area contributed by atoms with Crippen LogP contribution in [0.25, 0.3) is 0 Å². The predicted octanol–water partition coefficient (Wildman–Crippen LogP) is 2.14. The van der Waals surface area contributed by atoms with Gasteiger partial charge < -0.3 is 9.42 Å². The van der Waals surface area contributed by atoms with Gasteiger partial charge in [0.05, 0.1) is 12.2 Å². The Bertz CT molecular complexity index is 607. The van der Waals surface area contributed by atoms with E-state index in [4.69, 9.17) is 4.52 Å². The van der Waals surface area contributed by atoms with Gasteiger partial charge in [-0.3, -0.25) is 0 Å². The maximum atomic E-state index is 5.16. The van der Waals surface area contributed by atoms with Crippen molar-refractivity contribution in [2.24, 2.45) is 5.92 Å². The van der Waals surface area contributed by atoms with Crippen LogP contribution in [0.4, 0.5) is 5.95 Å². The largest absolute Gasteiger partial charge is 0.337 e. The van der Waals surface area contributed by atoms with Gasteiger partial charge in [0.25, 0.3) is 5.95 Å². The van der Waals surface area contributed by atoms with Crippen molar-refractivity contribution in [3.8, 4) is 0 Å². The molecular weight excluding hydrogens is 254 g/mol. The third-order valence-corrected chi connectivity index (χ3v) is 3.34. The van der Waals surface area contributed by atoms with E-state index in [0.717, 1.165) is 43.0 Å². The number of aryl methyl sites for hydroxylation is 1. The van der Waals surface area contributed by atoms with Crippen molar-refractivity contribution in [1.29, 1.82) is 0 Å². The van der Waals surface area contributed by atoms with Crippen molar-refractivity contribution < 1.29 is 4.52 Å². The van der Waals surface area contributed by atoms with Crippen molar-refractivity contribution >= 4 is 5.95 Å². The number of nitrogens with zero attached hydrogens (tertiary/aromatic N) is 5. The zero-order valence-corrected chi connectivity index (χ0v) is 12.1. The van der Waals surface area contributed by atoms with Gasteiger partial charge in [-0.1, -0.05) is 20.8 Å². The van der Waals surface area contributed by atoms with Crippen molar-refractivity contribution in [3.63, 3.8) is 0 Å². The first-order chi connectivity index (χ1) is 9.65. The maximum Gasteiger partial charge on any atom is 0.266 e. The SMILES string of the molecule is CCc1nc(N2Cc3cnc(CC(C)C)nc3C2)no1. The molecule has 1 aliphatic heterocycles. The second-order valence-electron chi connectivity index (χ2n) is 5.55. The Morgan fingerprint density at radius 3 is 2.85 bits per heavy atom. The Hall–Kier alpha value is -1.98. The quantitative estimate of drug-likeness (QED) is 0.850. The summed E-state index contributed by atoms with van der Waals surface area (Å²) >= 11 is 0. The lowest BCUT2D eigenvalue weighted by Gasteiger charge is -2.09. The Labute approximate surface area is 118 Å². The van der Waals surface area contributed by atoms with Gasteiger partial charge in [0, 0.05) is 31.1 Å². The fourth-order valence-corrected chi connectivity index (χ4v) is 2.32. The van der Waals surface area contributed by atoms with Gasteiger partial charge in [-0.2, -0.15) is 4.98 Å². The summed E-state index contributed by atoms with van der Waals surface area (Å²) < 4.78 is 5.16. The highest BCUT2D eigenvalue weighted by atomic mass is 16.5. The number of hydrogen-bond donors (Lipinski definition) is 0. The van der Waals surface area contributed by atoms with Crippen LogP contribution in [0, 0.1) is 5.92 Å². The topological polar surface area (TPSA) is 67.9 Å². The van der Waals surface area contributed by atoms with Crippen LogP contribution in [0.5, 0.6) is 0 Å². The Morgan fingerprint density at radius 2 is 2.15 bits per heavy atom. The first-order valence-electron chi connectivity index (χ1n) is 7.07. The van der Waals surface area contributed by atoms with E-state index in [-0.39, 0.29) is 0 Å². The molecule has 0 bridgehead atoms. The fourth-order valence-electron chi connectivity index (χ4n) is 2.32. The lowest BCUT2D eigenvalue weighted by Crippen LogP contribution is -2.16. The van der Waals surface area contributed by atoms with Crippen molar-refractivity contribution in [3.05, 3.63) is 29.2 Å². The van der Waals surface area contributed by atoms with Crippen LogP contribution in [0.1, 0.15) is 43.7 Å². The third kappa shape index (κ3) is 2.50. The summed E-state index contributed by atoms with van der Waals surface area (Å²) in [4.78, 5) is 15.5. The van der Waals surface area contributed by atoms with Crippen molar-refractivity contribution in [1.82, 2.24) is 20.1 Å².